The molecule has 12 nitrogen and oxygen atoms in total. The van der Waals surface area contributed by atoms with Crippen molar-refractivity contribution in [3.63, 3.8) is 0 Å². The molecule has 0 spiro atoms. The Hall–Kier alpha value is -3.94. The van der Waals surface area contributed by atoms with Gasteiger partial charge in [0.05, 0.1) is 24.7 Å². The monoisotopic (exact) mass is 751 g/mol. The zero-order valence-electron chi connectivity index (χ0n) is 32.7. The van der Waals surface area contributed by atoms with Crippen LogP contribution in [0.1, 0.15) is 58.8 Å². The minimum atomic E-state index is -0.995. The zero-order chi connectivity index (χ0) is 39.3. The Bertz CT molecular complexity index is 1740. The average Bonchev–Trinajstić information content (AvgIpc) is 3.23. The molecular weight excluding hydrogens is 694 g/mol. The smallest absolute Gasteiger partial charge is 0.415 e. The highest BCUT2D eigenvalue weighted by Gasteiger charge is 2.40. The maximum Gasteiger partial charge on any atom is 0.415 e. The van der Waals surface area contributed by atoms with Crippen molar-refractivity contribution >= 4 is 40.3 Å². The molecule has 0 unspecified atom stereocenters. The molecule has 1 aliphatic heterocycles. The fourth-order valence-electron chi connectivity index (χ4n) is 7.27. The lowest BCUT2D eigenvalue weighted by Crippen LogP contribution is -2.64. The van der Waals surface area contributed by atoms with Gasteiger partial charge in [0.25, 0.3) is 0 Å². The lowest BCUT2D eigenvalue weighted by molar-refractivity contribution is -0.145. The minimum absolute atomic E-state index is 0.0506. The van der Waals surface area contributed by atoms with Crippen molar-refractivity contribution in [3.8, 4) is 11.5 Å². The average molecular weight is 752 g/mol. The molecule has 2 aliphatic rings. The van der Waals surface area contributed by atoms with E-state index in [1.165, 1.54) is 4.90 Å². The molecule has 2 atom stereocenters. The molecule has 1 heterocycles. The fraction of sp³-hybridized carbons (Fsp3) is 0.525. The molecule has 3 amide bonds. The van der Waals surface area contributed by atoms with Crippen LogP contribution in [0.4, 0.5) is 4.79 Å². The number of ether oxygens (including phenoxy) is 2. The molecule has 0 aromatic heterocycles. The number of amides is 3. The van der Waals surface area contributed by atoms with Crippen molar-refractivity contribution in [2.75, 3.05) is 53.9 Å². The van der Waals surface area contributed by atoms with Crippen molar-refractivity contribution in [1.82, 2.24) is 25.3 Å². The lowest BCUT2D eigenvalue weighted by atomic mass is 9.85. The van der Waals surface area contributed by atoms with Gasteiger partial charge in [0, 0.05) is 45.9 Å². The van der Waals surface area contributed by atoms with Gasteiger partial charge in [0.15, 0.2) is 5.75 Å². The molecule has 53 heavy (non-hydrogen) atoms. The van der Waals surface area contributed by atoms with E-state index in [0.29, 0.717) is 49.2 Å². The van der Waals surface area contributed by atoms with Crippen LogP contribution < -0.4 is 31.6 Å². The van der Waals surface area contributed by atoms with E-state index in [1.54, 1.807) is 23.0 Å². The second kappa shape index (κ2) is 19.4. The molecule has 2 fully saturated rings. The highest BCUT2D eigenvalue weighted by atomic mass is 35.5. The Morgan fingerprint density at radius 2 is 1.81 bits per heavy atom. The number of rotatable bonds is 15. The highest BCUT2D eigenvalue weighted by Crippen LogP contribution is 2.33. The van der Waals surface area contributed by atoms with Gasteiger partial charge in [0.2, 0.25) is 11.8 Å². The number of carbonyl (C=O) groups excluding carboxylic acids is 3. The Balaban J connectivity index is 1.35. The van der Waals surface area contributed by atoms with Gasteiger partial charge in [-0.1, -0.05) is 60.5 Å². The van der Waals surface area contributed by atoms with Crippen molar-refractivity contribution in [1.29, 1.82) is 0 Å². The second-order valence-electron chi connectivity index (χ2n) is 14.1. The molecule has 3 aromatic rings. The third-order valence-corrected chi connectivity index (χ3v) is 10.8. The zero-order valence-corrected chi connectivity index (χ0v) is 31.5. The van der Waals surface area contributed by atoms with E-state index in [-0.39, 0.29) is 57.9 Å². The predicted octanol–water partition coefficient (Wildman–Crippen LogP) is 4.50. The van der Waals surface area contributed by atoms with Gasteiger partial charge in [-0.3, -0.25) is 9.59 Å². The molecule has 0 radical (unpaired) electrons. The van der Waals surface area contributed by atoms with Gasteiger partial charge in [-0.2, -0.15) is 0 Å². The first-order chi connectivity index (χ1) is 26.7. The quantitative estimate of drug-likeness (QED) is 0.164. The molecule has 1 aliphatic carbocycles. The van der Waals surface area contributed by atoms with E-state index < -0.39 is 24.1 Å². The summed E-state index contributed by atoms with van der Waals surface area (Å²) in [5.74, 6) is 0.708. The van der Waals surface area contributed by atoms with E-state index in [1.807, 2.05) is 48.5 Å². The summed E-state index contributed by atoms with van der Waals surface area (Å²) in [5.41, 5.74) is 13.4. The van der Waals surface area contributed by atoms with E-state index in [9.17, 15) is 14.4 Å². The second-order valence-corrected chi connectivity index (χ2v) is 14.5. The molecule has 1 saturated carbocycles. The fourth-order valence-corrected chi connectivity index (χ4v) is 7.55. The van der Waals surface area contributed by atoms with Crippen LogP contribution in [0.2, 0.25) is 5.02 Å². The van der Waals surface area contributed by atoms with Crippen LogP contribution in [0.3, 0.4) is 0 Å². The molecule has 0 bridgehead atoms. The summed E-state index contributed by atoms with van der Waals surface area (Å²) >= 11 is 6.66. The largest absolute Gasteiger partial charge is 0.496 e. The van der Waals surface area contributed by atoms with Crippen LogP contribution in [0, 0.1) is 5.92 Å². The maximum atomic E-state index is 14.6. The van der Waals surface area contributed by atoms with Crippen LogP contribution in [0.25, 0.3) is 10.8 Å². The molecule has 1 saturated heterocycles. The molecule has 3 aromatic carbocycles. The summed E-state index contributed by atoms with van der Waals surface area (Å²) in [7, 11) is 1.67. The van der Waals surface area contributed by atoms with E-state index in [2.05, 4.69) is 10.6 Å². The number of nitrogens with one attached hydrogen (secondary N) is 2. The Morgan fingerprint density at radius 3 is 2.55 bits per heavy atom. The number of carbonyl (C=O) groups is 3. The lowest BCUT2D eigenvalue weighted by Gasteiger charge is -2.42. The van der Waals surface area contributed by atoms with Crippen molar-refractivity contribution in [2.24, 2.45) is 17.4 Å². The van der Waals surface area contributed by atoms with Crippen LogP contribution in [-0.2, 0) is 22.7 Å². The van der Waals surface area contributed by atoms with Crippen LogP contribution >= 0.6 is 11.6 Å². The summed E-state index contributed by atoms with van der Waals surface area (Å²) in [6.45, 7) is 1.94. The third kappa shape index (κ3) is 10.6. The Labute approximate surface area is 321 Å². The Kier molecular flexibility index (Phi) is 13.7. The number of benzene rings is 3. The third-order valence-electron chi connectivity index (χ3n) is 10.4. The van der Waals surface area contributed by atoms with Crippen LogP contribution in [0.15, 0.2) is 54.6 Å². The first-order valence-electron chi connectivity index (χ1n) is 20.0. The maximum absolute atomic E-state index is 14.6. The standard InChI is InChI=1S/C40H56ClN7O5/c1-46(2)19-7-6-10-33(45-31-16-12-27(23-42)13-17-31)39(50)48-21-20-47(40(51)53-35-18-15-29-8-4-5-9-32(29)37(35)41)26-34(48)38(49)44-25-28-11-14-30(24-43)36(22-28)52-3/h4-5,8-9,11,14-15,18,22,27,31,33-34,45H,6-7,10,12-13,16-17,19-21,23-26,42-43H2,1-3H3,(H,44,49)/t27?,31?,33-,34-/m0/s1/i1D,2D. The number of halogens is 1. The number of nitrogens with two attached hydrogens (primary N) is 2. The van der Waals surface area contributed by atoms with Crippen LogP contribution in [-0.4, -0.2) is 105 Å². The number of piperazine rings is 1. The molecule has 6 N–H and O–H groups in total. The van der Waals surface area contributed by atoms with Crippen molar-refractivity contribution < 1.29 is 26.6 Å². The van der Waals surface area contributed by atoms with Gasteiger partial charge in [-0.05, 0) is 94.7 Å². The summed E-state index contributed by atoms with van der Waals surface area (Å²) in [4.78, 5) is 47.2. The Morgan fingerprint density at radius 1 is 1.02 bits per heavy atom. The number of nitrogens with zero attached hydrogens (tertiary/aromatic N) is 3. The predicted molar refractivity (Wildman–Crippen MR) is 209 cm³/mol. The van der Waals surface area contributed by atoms with E-state index in [4.69, 9.17) is 35.3 Å². The van der Waals surface area contributed by atoms with Gasteiger partial charge in [0.1, 0.15) is 11.8 Å². The number of fused-ring (bicyclic) bond motifs is 1. The molecule has 288 valence electrons. The summed E-state index contributed by atoms with van der Waals surface area (Å²) in [5, 5.41) is 8.62. The van der Waals surface area contributed by atoms with Crippen molar-refractivity contribution in [3.05, 3.63) is 70.7 Å². The van der Waals surface area contributed by atoms with Gasteiger partial charge in [-0.25, -0.2) is 4.79 Å². The number of methoxy groups -OCH3 is 1. The topological polar surface area (TPSA) is 155 Å². The molecule has 5 rings (SSSR count). The van der Waals surface area contributed by atoms with Gasteiger partial charge >= 0.3 is 6.09 Å². The summed E-state index contributed by atoms with van der Waals surface area (Å²) in [6, 6.07) is 15.2. The SMILES string of the molecule is [2H]CN(C[2H])CCCC[C@H](NC1CCC(CN)CC1)C(=O)N1CCN(C(=O)Oc2ccc3ccccc3c2Cl)C[C@H]1C(=O)NCc1ccc(CN)c(OC)c1. The van der Waals surface area contributed by atoms with Crippen LogP contribution in [0.5, 0.6) is 11.5 Å². The summed E-state index contributed by atoms with van der Waals surface area (Å²) in [6.07, 6.45) is 5.09. The summed E-state index contributed by atoms with van der Waals surface area (Å²) < 4.78 is 26.6. The minimum Gasteiger partial charge on any atom is -0.496 e. The number of unbranched alkanes of at least 4 members (excludes halogenated alkanes) is 1. The first-order valence-corrected chi connectivity index (χ1v) is 18.9. The van der Waals surface area contributed by atoms with Gasteiger partial charge < -0.3 is 46.3 Å². The van der Waals surface area contributed by atoms with E-state index in [0.717, 1.165) is 54.0 Å². The first kappa shape index (κ1) is 37.4. The van der Waals surface area contributed by atoms with Gasteiger partial charge in [-0.15, -0.1) is 0 Å². The van der Waals surface area contributed by atoms with E-state index >= 15 is 0 Å². The number of hydrogen-bond acceptors (Lipinski definition) is 9. The van der Waals surface area contributed by atoms with Crippen molar-refractivity contribution in [2.45, 2.75) is 76.2 Å². The number of hydrogen-bond donors (Lipinski definition) is 4. The molecule has 13 heteroatoms. The molecular formula is C40H56ClN7O5. The normalized spacial score (nSPS) is 20.1. The highest BCUT2D eigenvalue weighted by molar-refractivity contribution is 6.37.